The van der Waals surface area contributed by atoms with Crippen molar-refractivity contribution in [2.24, 2.45) is 0 Å². The molecule has 0 aromatic rings. The van der Waals surface area contributed by atoms with E-state index >= 15 is 0 Å². The zero-order valence-electron chi connectivity index (χ0n) is 43.6. The summed E-state index contributed by atoms with van der Waals surface area (Å²) in [5, 5.41) is 0. The van der Waals surface area contributed by atoms with Crippen LogP contribution in [0.2, 0.25) is 0 Å². The van der Waals surface area contributed by atoms with Crippen LogP contribution in [0, 0.1) is 0 Å². The average Bonchev–Trinajstić information content (AvgIpc) is 3.28. The summed E-state index contributed by atoms with van der Waals surface area (Å²) < 4.78 is 16.9. The molecule has 2 radical (unpaired) electrons. The van der Waals surface area contributed by atoms with Gasteiger partial charge in [-0.2, -0.15) is 0 Å². The fourth-order valence-electron chi connectivity index (χ4n) is 8.80. The molecule has 0 bridgehead atoms. The van der Waals surface area contributed by atoms with Crippen LogP contribution >= 0.6 is 0 Å². The topological polar surface area (TPSA) is 78.9 Å². The molecule has 0 heterocycles. The molecule has 0 aliphatic heterocycles. The first-order chi connectivity index (χ1) is 31.0. The van der Waals surface area contributed by atoms with Crippen LogP contribution in [0.5, 0.6) is 0 Å². The van der Waals surface area contributed by atoms with E-state index in [1.54, 1.807) is 0 Å². The molecule has 0 aliphatic carbocycles. The number of carbonyl (C=O) groups is 3. The number of hydrogen-bond acceptors (Lipinski definition) is 6. The molecule has 0 rings (SSSR count). The Labute approximate surface area is 419 Å². The Balaban J connectivity index is 0. The Hall–Kier alpha value is -0.668. The molecule has 0 atom stereocenters. The summed E-state index contributed by atoms with van der Waals surface area (Å²) in [6, 6.07) is 0. The molecule has 0 unspecified atom stereocenters. The van der Waals surface area contributed by atoms with E-state index in [0.29, 0.717) is 19.3 Å². The van der Waals surface area contributed by atoms with Gasteiger partial charge >= 0.3 is 45.2 Å². The van der Waals surface area contributed by atoms with Gasteiger partial charge in [-0.15, -0.1) is 0 Å². The maximum atomic E-state index is 12.8. The molecule has 0 saturated heterocycles. The summed E-state index contributed by atoms with van der Waals surface area (Å²) >= 11 is 0. The van der Waals surface area contributed by atoms with E-state index in [9.17, 15) is 14.4 Å². The van der Waals surface area contributed by atoms with Crippen molar-refractivity contribution in [1.82, 2.24) is 0 Å². The van der Waals surface area contributed by atoms with Crippen LogP contribution in [0.1, 0.15) is 329 Å². The van der Waals surface area contributed by atoms with Gasteiger partial charge in [-0.3, -0.25) is 14.4 Å². The van der Waals surface area contributed by atoms with Crippen LogP contribution in [0.4, 0.5) is 0 Å². The molecule has 0 fully saturated rings. The van der Waals surface area contributed by atoms with Crippen molar-refractivity contribution in [3.05, 3.63) is 0 Å². The SMILES string of the molecule is CCCCCCCCCCCCCCCCCC(=O)OCC(COC(=O)CCCCCCCCCCCCCCCCC)OC(=O)CCCCCCCCCCCCCCCCC.[PbH2]. The molecular weight excluding hydrogens is 988 g/mol. The summed E-state index contributed by atoms with van der Waals surface area (Å²) in [6.07, 6.45) is 58.0. The van der Waals surface area contributed by atoms with Gasteiger partial charge < -0.3 is 14.2 Å². The van der Waals surface area contributed by atoms with E-state index in [2.05, 4.69) is 20.8 Å². The van der Waals surface area contributed by atoms with Crippen molar-refractivity contribution in [2.75, 3.05) is 13.2 Å². The minimum absolute atomic E-state index is 0. The molecule has 0 amide bonds. The molecule has 64 heavy (non-hydrogen) atoms. The molecule has 0 aromatic carbocycles. The van der Waals surface area contributed by atoms with Crippen LogP contribution in [-0.2, 0) is 28.6 Å². The van der Waals surface area contributed by atoms with Gasteiger partial charge in [-0.05, 0) is 19.3 Å². The van der Waals surface area contributed by atoms with E-state index in [0.717, 1.165) is 57.8 Å². The van der Waals surface area contributed by atoms with Gasteiger partial charge in [0.1, 0.15) is 13.2 Å². The first kappa shape index (κ1) is 65.4. The Bertz CT molecular complexity index is 893. The van der Waals surface area contributed by atoms with Gasteiger partial charge in [0.05, 0.1) is 0 Å². The zero-order chi connectivity index (χ0) is 45.8. The van der Waals surface area contributed by atoms with Gasteiger partial charge in [0.15, 0.2) is 6.10 Å². The molecule has 0 N–H and O–H groups in total. The number of hydrogen-bond donors (Lipinski definition) is 0. The molecular formula is C57H112O6Pb. The van der Waals surface area contributed by atoms with E-state index in [1.165, 1.54) is 231 Å². The van der Waals surface area contributed by atoms with E-state index < -0.39 is 6.10 Å². The van der Waals surface area contributed by atoms with E-state index in [1.807, 2.05) is 0 Å². The van der Waals surface area contributed by atoms with Gasteiger partial charge in [0.25, 0.3) is 0 Å². The first-order valence-corrected chi connectivity index (χ1v) is 28.5. The van der Waals surface area contributed by atoms with Gasteiger partial charge in [-0.1, -0.05) is 290 Å². The standard InChI is InChI=1S/C57H110O6.Pb.2H/c1-4-7-10-13-16-19-22-25-28-31-34-37-40-43-46-49-55(58)61-52-54(63-57(60)51-48-45-42-39-36-33-30-27-24-21-18-15-12-9-6-3)53-62-56(59)50-47-44-41-38-35-32-29-26-23-20-17-14-11-8-5-2;;;/h54H,4-53H2,1-3H3;;;. The third-order valence-electron chi connectivity index (χ3n) is 13.1. The number of ether oxygens (including phenoxy) is 3. The molecule has 0 saturated carbocycles. The molecule has 6 nitrogen and oxygen atoms in total. The molecule has 0 spiro atoms. The predicted molar refractivity (Wildman–Crippen MR) is 279 cm³/mol. The first-order valence-electron chi connectivity index (χ1n) is 28.5. The molecule has 380 valence electrons. The van der Waals surface area contributed by atoms with E-state index in [4.69, 9.17) is 14.2 Å². The third-order valence-corrected chi connectivity index (χ3v) is 13.1. The molecule has 0 aliphatic rings. The Morgan fingerprint density at radius 3 is 0.641 bits per heavy atom. The Morgan fingerprint density at radius 1 is 0.266 bits per heavy atom. The number of rotatable bonds is 53. The summed E-state index contributed by atoms with van der Waals surface area (Å²) in [5.74, 6) is -0.832. The van der Waals surface area contributed by atoms with Crippen molar-refractivity contribution in [2.45, 2.75) is 335 Å². The number of esters is 3. The van der Waals surface area contributed by atoms with Crippen molar-refractivity contribution >= 4 is 45.2 Å². The van der Waals surface area contributed by atoms with Crippen LogP contribution in [0.3, 0.4) is 0 Å². The molecule has 0 aromatic heterocycles. The van der Waals surface area contributed by atoms with Crippen molar-refractivity contribution in [1.29, 1.82) is 0 Å². The second kappa shape index (κ2) is 56.7. The third kappa shape index (κ3) is 53.9. The summed E-state index contributed by atoms with van der Waals surface area (Å²) in [7, 11) is 0. The summed E-state index contributed by atoms with van der Waals surface area (Å²) in [6.45, 7) is 6.71. The fraction of sp³-hybridized carbons (Fsp3) is 0.947. The maximum absolute atomic E-state index is 12.8. The second-order valence-electron chi connectivity index (χ2n) is 19.6. The van der Waals surface area contributed by atoms with Crippen LogP contribution in [0.25, 0.3) is 0 Å². The van der Waals surface area contributed by atoms with Crippen LogP contribution in [-0.4, -0.2) is 64.5 Å². The summed E-state index contributed by atoms with van der Waals surface area (Å²) in [5.41, 5.74) is 0. The Kier molecular flexibility index (Phi) is 57.9. The fourth-order valence-corrected chi connectivity index (χ4v) is 8.80. The van der Waals surface area contributed by atoms with E-state index in [-0.39, 0.29) is 58.4 Å². The average molecular weight is 1100 g/mol. The molecule has 7 heteroatoms. The zero-order valence-corrected chi connectivity index (χ0v) is 49.1. The normalized spacial score (nSPS) is 11.2. The number of carbonyl (C=O) groups excluding carboxylic acids is 3. The van der Waals surface area contributed by atoms with Gasteiger partial charge in [-0.25, -0.2) is 0 Å². The van der Waals surface area contributed by atoms with Gasteiger partial charge in [0, 0.05) is 19.3 Å². The monoisotopic (exact) mass is 1100 g/mol. The Morgan fingerprint density at radius 2 is 0.438 bits per heavy atom. The minimum atomic E-state index is -0.760. The van der Waals surface area contributed by atoms with Crippen molar-refractivity contribution < 1.29 is 28.6 Å². The second-order valence-corrected chi connectivity index (χ2v) is 19.6. The van der Waals surface area contributed by atoms with Crippen LogP contribution in [0.15, 0.2) is 0 Å². The van der Waals surface area contributed by atoms with Gasteiger partial charge in [0.2, 0.25) is 0 Å². The quantitative estimate of drug-likeness (QED) is 0.0261. The number of unbranched alkanes of at least 4 members (excludes halogenated alkanes) is 42. The van der Waals surface area contributed by atoms with Crippen molar-refractivity contribution in [3.63, 3.8) is 0 Å². The predicted octanol–water partition coefficient (Wildman–Crippen LogP) is 17.9. The van der Waals surface area contributed by atoms with Crippen molar-refractivity contribution in [3.8, 4) is 0 Å². The van der Waals surface area contributed by atoms with Crippen LogP contribution < -0.4 is 0 Å². The summed E-state index contributed by atoms with van der Waals surface area (Å²) in [4.78, 5) is 38.1.